The number of aryl methyl sites for hydroxylation is 1. The van der Waals surface area contributed by atoms with E-state index >= 15 is 0 Å². The molecule has 0 atom stereocenters. The highest BCUT2D eigenvalue weighted by atomic mass is 79.9. The van der Waals surface area contributed by atoms with E-state index in [0.717, 1.165) is 10.0 Å². The molecule has 0 spiro atoms. The van der Waals surface area contributed by atoms with Crippen molar-refractivity contribution in [2.75, 3.05) is 4.72 Å². The quantitative estimate of drug-likeness (QED) is 0.678. The van der Waals surface area contributed by atoms with Crippen molar-refractivity contribution >= 4 is 31.6 Å². The fourth-order valence-electron chi connectivity index (χ4n) is 2.15. The number of nitrogens with one attached hydrogen (secondary N) is 1. The molecule has 0 aliphatic rings. The SMILES string of the molecule is CCn1cc(S(=O)(=O)Nc2cnn(Cc3ccc(Br)cc3)c2)cn1. The number of sulfonamides is 1. The molecule has 2 aromatic heterocycles. The average molecular weight is 410 g/mol. The largest absolute Gasteiger partial charge is 0.276 e. The minimum absolute atomic E-state index is 0.130. The predicted octanol–water partition coefficient (Wildman–Crippen LogP) is 2.71. The first-order chi connectivity index (χ1) is 11.5. The second kappa shape index (κ2) is 6.78. The molecule has 1 N–H and O–H groups in total. The highest BCUT2D eigenvalue weighted by Gasteiger charge is 2.17. The first-order valence-electron chi connectivity index (χ1n) is 7.28. The molecule has 0 saturated heterocycles. The maximum atomic E-state index is 12.3. The van der Waals surface area contributed by atoms with Crippen LogP contribution in [0.4, 0.5) is 5.69 Å². The van der Waals surface area contributed by atoms with Crippen LogP contribution in [0.3, 0.4) is 0 Å². The number of nitrogens with zero attached hydrogens (tertiary/aromatic N) is 4. The predicted molar refractivity (Wildman–Crippen MR) is 94.2 cm³/mol. The molecule has 0 amide bonds. The van der Waals surface area contributed by atoms with Crippen LogP contribution in [0.25, 0.3) is 0 Å². The van der Waals surface area contributed by atoms with Crippen LogP contribution in [0.15, 0.2) is 58.4 Å². The van der Waals surface area contributed by atoms with E-state index in [-0.39, 0.29) is 4.90 Å². The van der Waals surface area contributed by atoms with Crippen molar-refractivity contribution in [3.63, 3.8) is 0 Å². The summed E-state index contributed by atoms with van der Waals surface area (Å²) in [4.78, 5) is 0.130. The summed E-state index contributed by atoms with van der Waals surface area (Å²) in [5.41, 5.74) is 1.48. The fourth-order valence-corrected chi connectivity index (χ4v) is 3.39. The second-order valence-corrected chi connectivity index (χ2v) is 7.79. The summed E-state index contributed by atoms with van der Waals surface area (Å²) in [6, 6.07) is 7.87. The third kappa shape index (κ3) is 3.85. The smallest absolute Gasteiger partial charge is 0.265 e. The zero-order chi connectivity index (χ0) is 17.2. The third-order valence-electron chi connectivity index (χ3n) is 3.39. The Morgan fingerprint density at radius 2 is 1.79 bits per heavy atom. The Labute approximate surface area is 148 Å². The molecule has 9 heteroatoms. The van der Waals surface area contributed by atoms with Crippen molar-refractivity contribution in [2.24, 2.45) is 0 Å². The third-order valence-corrected chi connectivity index (χ3v) is 5.25. The summed E-state index contributed by atoms with van der Waals surface area (Å²) in [6.07, 6.45) is 5.97. The monoisotopic (exact) mass is 409 g/mol. The lowest BCUT2D eigenvalue weighted by atomic mass is 10.2. The van der Waals surface area contributed by atoms with Gasteiger partial charge in [0.25, 0.3) is 10.0 Å². The standard InChI is InChI=1S/C15H16BrN5O2S/c1-2-20-11-15(8-18-20)24(22,23)19-14-7-17-21(10-14)9-12-3-5-13(16)6-4-12/h3-8,10-11,19H,2,9H2,1H3. The molecule has 0 unspecified atom stereocenters. The molecule has 1 aromatic carbocycles. The number of anilines is 1. The molecule has 2 heterocycles. The van der Waals surface area contributed by atoms with Gasteiger partial charge < -0.3 is 0 Å². The first kappa shape index (κ1) is 16.7. The minimum Gasteiger partial charge on any atom is -0.276 e. The molecular formula is C15H16BrN5O2S. The molecule has 0 bridgehead atoms. The van der Waals surface area contributed by atoms with Crippen molar-refractivity contribution < 1.29 is 8.42 Å². The number of hydrogen-bond donors (Lipinski definition) is 1. The van der Waals surface area contributed by atoms with Gasteiger partial charge >= 0.3 is 0 Å². The molecule has 126 valence electrons. The van der Waals surface area contributed by atoms with Crippen LogP contribution in [0.5, 0.6) is 0 Å². The highest BCUT2D eigenvalue weighted by molar-refractivity contribution is 9.10. The Balaban J connectivity index is 1.72. The lowest BCUT2D eigenvalue weighted by Gasteiger charge is -2.03. The maximum absolute atomic E-state index is 12.3. The Morgan fingerprint density at radius 3 is 2.46 bits per heavy atom. The van der Waals surface area contributed by atoms with Gasteiger partial charge in [0, 0.05) is 23.4 Å². The zero-order valence-electron chi connectivity index (χ0n) is 12.9. The Hall–Kier alpha value is -2.13. The van der Waals surface area contributed by atoms with Gasteiger partial charge in [-0.25, -0.2) is 8.42 Å². The van der Waals surface area contributed by atoms with Gasteiger partial charge in [0.2, 0.25) is 0 Å². The molecule has 3 aromatic rings. The van der Waals surface area contributed by atoms with E-state index < -0.39 is 10.0 Å². The van der Waals surface area contributed by atoms with Gasteiger partial charge in [0.15, 0.2) is 0 Å². The summed E-state index contributed by atoms with van der Waals surface area (Å²) >= 11 is 3.39. The van der Waals surface area contributed by atoms with Gasteiger partial charge in [0.05, 0.1) is 24.6 Å². The summed E-state index contributed by atoms with van der Waals surface area (Å²) < 4.78 is 31.4. The van der Waals surface area contributed by atoms with Gasteiger partial charge in [-0.2, -0.15) is 10.2 Å². The van der Waals surface area contributed by atoms with E-state index in [9.17, 15) is 8.42 Å². The number of halogens is 1. The van der Waals surface area contributed by atoms with Gasteiger partial charge in [-0.05, 0) is 24.6 Å². The molecule has 24 heavy (non-hydrogen) atoms. The summed E-state index contributed by atoms with van der Waals surface area (Å²) in [7, 11) is -3.66. The van der Waals surface area contributed by atoms with E-state index in [4.69, 9.17) is 0 Å². The normalized spacial score (nSPS) is 11.6. The van der Waals surface area contributed by atoms with Crippen molar-refractivity contribution in [1.82, 2.24) is 19.6 Å². The number of rotatable bonds is 6. The molecular weight excluding hydrogens is 394 g/mol. The minimum atomic E-state index is -3.66. The summed E-state index contributed by atoms with van der Waals surface area (Å²) in [5, 5.41) is 8.17. The van der Waals surface area contributed by atoms with Gasteiger partial charge in [0.1, 0.15) is 4.90 Å². The number of hydrogen-bond acceptors (Lipinski definition) is 4. The Bertz CT molecular complexity index is 931. The maximum Gasteiger partial charge on any atom is 0.265 e. The van der Waals surface area contributed by atoms with E-state index in [2.05, 4.69) is 30.8 Å². The lowest BCUT2D eigenvalue weighted by Crippen LogP contribution is -2.12. The van der Waals surface area contributed by atoms with Crippen LogP contribution in [0.2, 0.25) is 0 Å². The van der Waals surface area contributed by atoms with Crippen LogP contribution in [0.1, 0.15) is 12.5 Å². The second-order valence-electron chi connectivity index (χ2n) is 5.19. The van der Waals surface area contributed by atoms with Crippen LogP contribution in [-0.4, -0.2) is 28.0 Å². The Kier molecular flexibility index (Phi) is 4.72. The van der Waals surface area contributed by atoms with Crippen molar-refractivity contribution in [2.45, 2.75) is 24.9 Å². The van der Waals surface area contributed by atoms with E-state index in [1.807, 2.05) is 31.2 Å². The van der Waals surface area contributed by atoms with Crippen molar-refractivity contribution in [3.8, 4) is 0 Å². The zero-order valence-corrected chi connectivity index (χ0v) is 15.3. The summed E-state index contributed by atoms with van der Waals surface area (Å²) in [6.45, 7) is 3.06. The first-order valence-corrected chi connectivity index (χ1v) is 9.56. The molecule has 0 aliphatic carbocycles. The van der Waals surface area contributed by atoms with Gasteiger partial charge in [-0.15, -0.1) is 0 Å². The topological polar surface area (TPSA) is 81.8 Å². The van der Waals surface area contributed by atoms with E-state index in [1.165, 1.54) is 18.6 Å². The number of benzene rings is 1. The lowest BCUT2D eigenvalue weighted by molar-refractivity contribution is 0.600. The molecule has 0 aliphatic heterocycles. The molecule has 0 saturated carbocycles. The summed E-state index contributed by atoms with van der Waals surface area (Å²) in [5.74, 6) is 0. The molecule has 7 nitrogen and oxygen atoms in total. The molecule has 3 rings (SSSR count). The van der Waals surface area contributed by atoms with Crippen LogP contribution in [0, 0.1) is 0 Å². The van der Waals surface area contributed by atoms with Crippen LogP contribution < -0.4 is 4.72 Å². The Morgan fingerprint density at radius 1 is 1.08 bits per heavy atom. The van der Waals surface area contributed by atoms with E-state index in [1.54, 1.807) is 15.6 Å². The molecule has 0 fully saturated rings. The fraction of sp³-hybridized carbons (Fsp3) is 0.200. The van der Waals surface area contributed by atoms with Crippen LogP contribution >= 0.6 is 15.9 Å². The van der Waals surface area contributed by atoms with E-state index in [0.29, 0.717) is 18.8 Å². The number of aromatic nitrogens is 4. The highest BCUT2D eigenvalue weighted by Crippen LogP contribution is 2.16. The van der Waals surface area contributed by atoms with Gasteiger partial charge in [-0.3, -0.25) is 14.1 Å². The van der Waals surface area contributed by atoms with Crippen molar-refractivity contribution in [3.05, 3.63) is 59.1 Å². The van der Waals surface area contributed by atoms with Crippen LogP contribution in [-0.2, 0) is 23.1 Å². The average Bonchev–Trinajstić information content (AvgIpc) is 3.19. The van der Waals surface area contributed by atoms with Crippen molar-refractivity contribution in [1.29, 1.82) is 0 Å². The van der Waals surface area contributed by atoms with Gasteiger partial charge in [-0.1, -0.05) is 28.1 Å². The molecule has 0 radical (unpaired) electrons.